The number of ketones is 1. The third-order valence-corrected chi connectivity index (χ3v) is 2.65. The average Bonchev–Trinajstić information content (AvgIpc) is 2.43. The van der Waals surface area contributed by atoms with Crippen molar-refractivity contribution in [3.05, 3.63) is 65.5 Å². The summed E-state index contributed by atoms with van der Waals surface area (Å²) in [4.78, 5) is 11.7. The SMILES string of the molecule is O=C(CCOc1cc(F)ccc1F)c1ccc(F)cc1. The van der Waals surface area contributed by atoms with E-state index in [0.717, 1.165) is 18.2 Å². The molecule has 0 radical (unpaired) electrons. The van der Waals surface area contributed by atoms with E-state index < -0.39 is 17.5 Å². The Hall–Kier alpha value is -2.30. The summed E-state index contributed by atoms with van der Waals surface area (Å²) in [6, 6.07) is 7.93. The Balaban J connectivity index is 1.91. The number of halogens is 3. The average molecular weight is 280 g/mol. The van der Waals surface area contributed by atoms with E-state index in [4.69, 9.17) is 4.74 Å². The summed E-state index contributed by atoms with van der Waals surface area (Å²) in [7, 11) is 0. The molecule has 20 heavy (non-hydrogen) atoms. The molecule has 0 aliphatic carbocycles. The number of ether oxygens (including phenoxy) is 1. The molecule has 0 N–H and O–H groups in total. The molecule has 0 spiro atoms. The van der Waals surface area contributed by atoms with Crippen molar-refractivity contribution in [1.82, 2.24) is 0 Å². The molecule has 2 rings (SSSR count). The molecule has 0 atom stereocenters. The van der Waals surface area contributed by atoms with Crippen molar-refractivity contribution in [2.45, 2.75) is 6.42 Å². The molecule has 104 valence electrons. The molecule has 0 bridgehead atoms. The summed E-state index contributed by atoms with van der Waals surface area (Å²) in [5, 5.41) is 0. The second kappa shape index (κ2) is 6.23. The molecule has 0 aliphatic rings. The Morgan fingerprint density at radius 3 is 2.30 bits per heavy atom. The Bertz CT molecular complexity index is 609. The number of hydrogen-bond acceptors (Lipinski definition) is 2. The highest BCUT2D eigenvalue weighted by atomic mass is 19.1. The van der Waals surface area contributed by atoms with Crippen molar-refractivity contribution in [2.24, 2.45) is 0 Å². The minimum atomic E-state index is -0.694. The van der Waals surface area contributed by atoms with E-state index in [1.165, 1.54) is 24.3 Å². The molecule has 5 heteroatoms. The molecule has 2 aromatic carbocycles. The molecule has 0 fully saturated rings. The summed E-state index contributed by atoms with van der Waals surface area (Å²) in [5.41, 5.74) is 0.342. The van der Waals surface area contributed by atoms with Gasteiger partial charge in [-0.1, -0.05) is 0 Å². The van der Waals surface area contributed by atoms with Gasteiger partial charge in [-0.05, 0) is 36.4 Å². The zero-order valence-corrected chi connectivity index (χ0v) is 10.4. The smallest absolute Gasteiger partial charge is 0.166 e. The fourth-order valence-corrected chi connectivity index (χ4v) is 1.62. The van der Waals surface area contributed by atoms with Gasteiger partial charge in [-0.25, -0.2) is 13.2 Å². The highest BCUT2D eigenvalue weighted by Gasteiger charge is 2.08. The summed E-state index contributed by atoms with van der Waals surface area (Å²) in [5.74, 6) is -2.25. The van der Waals surface area contributed by atoms with Crippen LogP contribution in [0.15, 0.2) is 42.5 Å². The van der Waals surface area contributed by atoms with Gasteiger partial charge in [0, 0.05) is 18.1 Å². The van der Waals surface area contributed by atoms with Crippen LogP contribution in [0, 0.1) is 17.5 Å². The number of hydrogen-bond donors (Lipinski definition) is 0. The van der Waals surface area contributed by atoms with Crippen LogP contribution in [0.5, 0.6) is 5.75 Å². The molecule has 0 aliphatic heterocycles. The molecular formula is C15H11F3O2. The van der Waals surface area contributed by atoms with E-state index in [9.17, 15) is 18.0 Å². The lowest BCUT2D eigenvalue weighted by Crippen LogP contribution is -2.07. The molecule has 0 saturated carbocycles. The number of carbonyl (C=O) groups excluding carboxylic acids is 1. The van der Waals surface area contributed by atoms with Crippen LogP contribution in [0.25, 0.3) is 0 Å². The van der Waals surface area contributed by atoms with Gasteiger partial charge in [0.1, 0.15) is 11.6 Å². The largest absolute Gasteiger partial charge is 0.490 e. The van der Waals surface area contributed by atoms with Crippen LogP contribution in [-0.2, 0) is 0 Å². The lowest BCUT2D eigenvalue weighted by Gasteiger charge is -2.07. The van der Waals surface area contributed by atoms with E-state index in [2.05, 4.69) is 0 Å². The standard InChI is InChI=1S/C15H11F3O2/c16-11-3-1-10(2-4-11)14(19)7-8-20-15-9-12(17)5-6-13(15)18/h1-6,9H,7-8H2. The molecule has 0 amide bonds. The van der Waals surface area contributed by atoms with E-state index in [0.29, 0.717) is 5.56 Å². The van der Waals surface area contributed by atoms with Crippen LogP contribution in [-0.4, -0.2) is 12.4 Å². The first-order valence-electron chi connectivity index (χ1n) is 5.93. The quantitative estimate of drug-likeness (QED) is 0.780. The molecule has 0 heterocycles. The maximum absolute atomic E-state index is 13.2. The van der Waals surface area contributed by atoms with Crippen molar-refractivity contribution in [3.8, 4) is 5.75 Å². The molecular weight excluding hydrogens is 269 g/mol. The fraction of sp³-hybridized carbons (Fsp3) is 0.133. The first-order chi connectivity index (χ1) is 9.56. The van der Waals surface area contributed by atoms with Crippen LogP contribution in [0.1, 0.15) is 16.8 Å². The summed E-state index contributed by atoms with van der Waals surface area (Å²) in [6.45, 7) is -0.0867. The predicted molar refractivity (Wildman–Crippen MR) is 67.2 cm³/mol. The maximum Gasteiger partial charge on any atom is 0.166 e. The van der Waals surface area contributed by atoms with Crippen molar-refractivity contribution >= 4 is 5.78 Å². The lowest BCUT2D eigenvalue weighted by atomic mass is 10.1. The molecule has 2 nitrogen and oxygen atoms in total. The van der Waals surface area contributed by atoms with Crippen molar-refractivity contribution in [1.29, 1.82) is 0 Å². The minimum absolute atomic E-state index is 0.0123. The zero-order valence-electron chi connectivity index (χ0n) is 10.4. The molecule has 0 aromatic heterocycles. The normalized spacial score (nSPS) is 10.3. The lowest BCUT2D eigenvalue weighted by molar-refractivity contribution is 0.0961. The van der Waals surface area contributed by atoms with Crippen LogP contribution in [0.2, 0.25) is 0 Å². The van der Waals surface area contributed by atoms with Gasteiger partial charge in [0.25, 0.3) is 0 Å². The Kier molecular flexibility index (Phi) is 4.40. The van der Waals surface area contributed by atoms with E-state index in [-0.39, 0.29) is 24.6 Å². The summed E-state index contributed by atoms with van der Waals surface area (Å²) in [6.07, 6.45) is -0.0123. The van der Waals surface area contributed by atoms with Crippen LogP contribution in [0.4, 0.5) is 13.2 Å². The highest BCUT2D eigenvalue weighted by Crippen LogP contribution is 2.18. The Morgan fingerprint density at radius 1 is 0.950 bits per heavy atom. The van der Waals surface area contributed by atoms with Gasteiger partial charge in [-0.2, -0.15) is 0 Å². The zero-order chi connectivity index (χ0) is 14.5. The van der Waals surface area contributed by atoms with Gasteiger partial charge in [0.2, 0.25) is 0 Å². The van der Waals surface area contributed by atoms with Gasteiger partial charge in [0.15, 0.2) is 17.3 Å². The third kappa shape index (κ3) is 3.60. The number of carbonyl (C=O) groups is 1. The first-order valence-corrected chi connectivity index (χ1v) is 5.93. The van der Waals surface area contributed by atoms with E-state index >= 15 is 0 Å². The van der Waals surface area contributed by atoms with Gasteiger partial charge >= 0.3 is 0 Å². The maximum atomic E-state index is 13.2. The molecule has 0 unspecified atom stereocenters. The molecule has 2 aromatic rings. The van der Waals surface area contributed by atoms with Gasteiger partial charge < -0.3 is 4.74 Å². The minimum Gasteiger partial charge on any atom is -0.490 e. The van der Waals surface area contributed by atoms with Crippen LogP contribution < -0.4 is 4.74 Å². The topological polar surface area (TPSA) is 26.3 Å². The third-order valence-electron chi connectivity index (χ3n) is 2.65. The summed E-state index contributed by atoms with van der Waals surface area (Å²) >= 11 is 0. The van der Waals surface area contributed by atoms with Crippen molar-refractivity contribution in [2.75, 3.05) is 6.61 Å². The second-order valence-electron chi connectivity index (χ2n) is 4.10. The van der Waals surface area contributed by atoms with Gasteiger partial charge in [0.05, 0.1) is 6.61 Å². The van der Waals surface area contributed by atoms with E-state index in [1.807, 2.05) is 0 Å². The van der Waals surface area contributed by atoms with Crippen molar-refractivity contribution < 1.29 is 22.7 Å². The first kappa shape index (κ1) is 14.1. The van der Waals surface area contributed by atoms with Gasteiger partial charge in [-0.15, -0.1) is 0 Å². The Labute approximate surface area is 113 Å². The number of Topliss-reactive ketones (excluding diaryl/α,β-unsaturated/α-hetero) is 1. The molecule has 0 saturated heterocycles. The summed E-state index contributed by atoms with van der Waals surface area (Å²) < 4.78 is 43.8. The number of benzene rings is 2. The van der Waals surface area contributed by atoms with Gasteiger partial charge in [-0.3, -0.25) is 4.79 Å². The highest BCUT2D eigenvalue weighted by molar-refractivity contribution is 5.96. The van der Waals surface area contributed by atoms with Crippen LogP contribution in [0.3, 0.4) is 0 Å². The monoisotopic (exact) mass is 280 g/mol. The van der Waals surface area contributed by atoms with Crippen molar-refractivity contribution in [3.63, 3.8) is 0 Å². The number of rotatable bonds is 5. The fourth-order valence-electron chi connectivity index (χ4n) is 1.62. The van der Waals surface area contributed by atoms with Crippen LogP contribution >= 0.6 is 0 Å². The second-order valence-corrected chi connectivity index (χ2v) is 4.10. The Morgan fingerprint density at radius 2 is 1.60 bits per heavy atom. The predicted octanol–water partition coefficient (Wildman–Crippen LogP) is 3.76. The van der Waals surface area contributed by atoms with E-state index in [1.54, 1.807) is 0 Å².